The Morgan fingerprint density at radius 1 is 1.04 bits per heavy atom. The minimum atomic E-state index is -1.60. The highest BCUT2D eigenvalue weighted by Crippen LogP contribution is 2.38. The van der Waals surface area contributed by atoms with Crippen molar-refractivity contribution < 1.29 is 4.43 Å². The van der Waals surface area contributed by atoms with Crippen molar-refractivity contribution in [1.29, 1.82) is 0 Å². The lowest BCUT2D eigenvalue weighted by atomic mass is 9.79. The molecule has 2 unspecified atom stereocenters. The molecule has 2 rings (SSSR count). The number of rotatable bonds is 7. The Balaban J connectivity index is 1.75. The van der Waals surface area contributed by atoms with Crippen molar-refractivity contribution in [3.8, 4) is 0 Å². The van der Waals surface area contributed by atoms with Crippen molar-refractivity contribution in [2.24, 2.45) is 11.8 Å². The molecule has 0 radical (unpaired) electrons. The molecule has 148 valence electrons. The van der Waals surface area contributed by atoms with Crippen LogP contribution in [0.2, 0.25) is 18.1 Å². The largest absolute Gasteiger partial charge is 0.417 e. The summed E-state index contributed by atoms with van der Waals surface area (Å²) in [4.78, 5) is 0. The lowest BCUT2D eigenvalue weighted by Gasteiger charge is -2.39. The minimum Gasteiger partial charge on any atom is -0.417 e. The van der Waals surface area contributed by atoms with E-state index in [1.165, 1.54) is 31.2 Å². The molecule has 1 aliphatic carbocycles. The summed E-state index contributed by atoms with van der Waals surface area (Å²) < 4.78 is 6.47. The van der Waals surface area contributed by atoms with Crippen LogP contribution in [0.15, 0.2) is 30.3 Å². The van der Waals surface area contributed by atoms with Crippen LogP contribution >= 0.6 is 0 Å². The lowest BCUT2D eigenvalue weighted by Crippen LogP contribution is -2.42. The summed E-state index contributed by atoms with van der Waals surface area (Å²) in [5.74, 6) is 1.56. The Morgan fingerprint density at radius 2 is 1.62 bits per heavy atom. The molecule has 1 N–H and O–H groups in total. The SMILES string of the molecule is CC(NC(C)C1CCC(CO[Si](C)(C)C(C)(C)C)CC1)c1ccccc1. The monoisotopic (exact) mass is 375 g/mol. The average molecular weight is 376 g/mol. The molecule has 1 aromatic rings. The van der Waals surface area contributed by atoms with E-state index in [9.17, 15) is 0 Å². The summed E-state index contributed by atoms with van der Waals surface area (Å²) in [6.07, 6.45) is 5.32. The van der Waals surface area contributed by atoms with Crippen LogP contribution in [-0.4, -0.2) is 21.0 Å². The second-order valence-corrected chi connectivity index (χ2v) is 14.7. The first-order chi connectivity index (χ1) is 12.1. The van der Waals surface area contributed by atoms with E-state index in [4.69, 9.17) is 4.43 Å². The Morgan fingerprint density at radius 3 is 2.15 bits per heavy atom. The molecular formula is C23H41NOSi. The molecule has 2 nitrogen and oxygen atoms in total. The van der Waals surface area contributed by atoms with Gasteiger partial charge in [0.15, 0.2) is 8.32 Å². The topological polar surface area (TPSA) is 21.3 Å². The summed E-state index contributed by atoms with van der Waals surface area (Å²) >= 11 is 0. The summed E-state index contributed by atoms with van der Waals surface area (Å²) in [6.45, 7) is 17.4. The van der Waals surface area contributed by atoms with Crippen molar-refractivity contribution in [3.63, 3.8) is 0 Å². The summed E-state index contributed by atoms with van der Waals surface area (Å²) in [5, 5.41) is 4.15. The fraction of sp³-hybridized carbons (Fsp3) is 0.739. The molecule has 0 spiro atoms. The van der Waals surface area contributed by atoms with Gasteiger partial charge in [-0.2, -0.15) is 0 Å². The number of nitrogens with one attached hydrogen (secondary N) is 1. The molecule has 2 atom stereocenters. The highest BCUT2D eigenvalue weighted by molar-refractivity contribution is 6.74. The predicted octanol–water partition coefficient (Wildman–Crippen LogP) is 6.55. The molecule has 26 heavy (non-hydrogen) atoms. The van der Waals surface area contributed by atoms with Gasteiger partial charge >= 0.3 is 0 Å². The summed E-state index contributed by atoms with van der Waals surface area (Å²) in [6, 6.07) is 11.8. The quantitative estimate of drug-likeness (QED) is 0.545. The van der Waals surface area contributed by atoms with E-state index in [0.29, 0.717) is 17.1 Å². The van der Waals surface area contributed by atoms with E-state index in [1.807, 2.05) is 0 Å². The van der Waals surface area contributed by atoms with Gasteiger partial charge in [-0.15, -0.1) is 0 Å². The molecule has 0 amide bonds. The minimum absolute atomic E-state index is 0.316. The van der Waals surface area contributed by atoms with Crippen LogP contribution < -0.4 is 5.32 Å². The zero-order chi connectivity index (χ0) is 19.4. The van der Waals surface area contributed by atoms with Gasteiger partial charge in [0.25, 0.3) is 0 Å². The molecule has 0 saturated heterocycles. The Kier molecular flexibility index (Phi) is 7.52. The Labute approximate surface area is 163 Å². The van der Waals surface area contributed by atoms with Crippen molar-refractivity contribution in [3.05, 3.63) is 35.9 Å². The van der Waals surface area contributed by atoms with Crippen LogP contribution in [0, 0.1) is 11.8 Å². The normalized spacial score (nSPS) is 24.3. The van der Waals surface area contributed by atoms with Crippen molar-refractivity contribution in [2.45, 2.75) is 90.5 Å². The van der Waals surface area contributed by atoms with E-state index < -0.39 is 8.32 Å². The van der Waals surface area contributed by atoms with E-state index >= 15 is 0 Å². The van der Waals surface area contributed by atoms with Crippen LogP contribution in [0.4, 0.5) is 0 Å². The van der Waals surface area contributed by atoms with Crippen LogP contribution in [0.3, 0.4) is 0 Å². The Bertz CT molecular complexity index is 529. The maximum atomic E-state index is 6.47. The molecule has 1 saturated carbocycles. The van der Waals surface area contributed by atoms with E-state index in [-0.39, 0.29) is 0 Å². The first kappa shape index (κ1) is 21.7. The fourth-order valence-electron chi connectivity index (χ4n) is 3.77. The molecular weight excluding hydrogens is 334 g/mol. The molecule has 0 aliphatic heterocycles. The van der Waals surface area contributed by atoms with Gasteiger partial charge in [-0.25, -0.2) is 0 Å². The van der Waals surface area contributed by atoms with Crippen molar-refractivity contribution in [1.82, 2.24) is 5.32 Å². The maximum Gasteiger partial charge on any atom is 0.191 e. The van der Waals surface area contributed by atoms with Gasteiger partial charge < -0.3 is 9.74 Å². The molecule has 1 aliphatic rings. The second kappa shape index (κ2) is 9.03. The van der Waals surface area contributed by atoms with Gasteiger partial charge in [0.1, 0.15) is 0 Å². The smallest absolute Gasteiger partial charge is 0.191 e. The highest BCUT2D eigenvalue weighted by atomic mass is 28.4. The van der Waals surface area contributed by atoms with Gasteiger partial charge in [-0.1, -0.05) is 51.1 Å². The first-order valence-corrected chi connectivity index (χ1v) is 13.5. The molecule has 3 heteroatoms. The maximum absolute atomic E-state index is 6.47. The van der Waals surface area contributed by atoms with Gasteiger partial charge in [-0.3, -0.25) is 0 Å². The summed E-state index contributed by atoms with van der Waals surface area (Å²) in [7, 11) is -1.60. The number of hydrogen-bond acceptors (Lipinski definition) is 2. The molecule has 1 aromatic carbocycles. The highest BCUT2D eigenvalue weighted by Gasteiger charge is 2.38. The van der Waals surface area contributed by atoms with Crippen LogP contribution in [0.25, 0.3) is 0 Å². The molecule has 0 aromatic heterocycles. The molecule has 0 bridgehead atoms. The molecule has 0 heterocycles. The van der Waals surface area contributed by atoms with Crippen LogP contribution in [-0.2, 0) is 4.43 Å². The van der Waals surface area contributed by atoms with Crippen LogP contribution in [0.1, 0.15) is 71.9 Å². The van der Waals surface area contributed by atoms with E-state index in [1.54, 1.807) is 0 Å². The zero-order valence-electron chi connectivity index (χ0n) is 18.1. The van der Waals surface area contributed by atoms with Gasteiger partial charge in [0, 0.05) is 18.7 Å². The fourth-order valence-corrected chi connectivity index (χ4v) is 4.85. The lowest BCUT2D eigenvalue weighted by molar-refractivity contribution is 0.155. The summed E-state index contributed by atoms with van der Waals surface area (Å²) in [5.41, 5.74) is 1.39. The van der Waals surface area contributed by atoms with Crippen molar-refractivity contribution >= 4 is 8.32 Å². The van der Waals surface area contributed by atoms with Crippen molar-refractivity contribution in [2.75, 3.05) is 6.61 Å². The number of hydrogen-bond donors (Lipinski definition) is 1. The first-order valence-electron chi connectivity index (χ1n) is 10.5. The predicted molar refractivity (Wildman–Crippen MR) is 116 cm³/mol. The third-order valence-electron chi connectivity index (χ3n) is 6.90. The van der Waals surface area contributed by atoms with E-state index in [2.05, 4.69) is 83.4 Å². The van der Waals surface area contributed by atoms with Gasteiger partial charge in [0.2, 0.25) is 0 Å². The number of benzene rings is 1. The third-order valence-corrected chi connectivity index (χ3v) is 11.4. The van der Waals surface area contributed by atoms with Gasteiger partial charge in [-0.05, 0) is 75.1 Å². The standard InChI is InChI=1S/C23H41NOSi/c1-18(21-11-9-8-10-12-21)24-19(2)22-15-13-20(14-16-22)17-25-26(6,7)23(3,4)5/h8-12,18-20,22,24H,13-17H2,1-7H3. The van der Waals surface area contributed by atoms with Gasteiger partial charge in [0.05, 0.1) is 0 Å². The van der Waals surface area contributed by atoms with Crippen LogP contribution in [0.5, 0.6) is 0 Å². The van der Waals surface area contributed by atoms with E-state index in [0.717, 1.165) is 18.4 Å². The second-order valence-electron chi connectivity index (χ2n) is 9.94. The zero-order valence-corrected chi connectivity index (χ0v) is 19.1. The molecule has 1 fully saturated rings. The average Bonchev–Trinajstić information content (AvgIpc) is 2.60. The third kappa shape index (κ3) is 5.93. The Hall–Kier alpha value is -0.643.